The Morgan fingerprint density at radius 1 is 1.14 bits per heavy atom. The predicted molar refractivity (Wildman–Crippen MR) is 136 cm³/mol. The molecule has 0 bridgehead atoms. The quantitative estimate of drug-likeness (QED) is 0.370. The van der Waals surface area contributed by atoms with Gasteiger partial charge in [0, 0.05) is 61.2 Å². The Morgan fingerprint density at radius 3 is 2.56 bits per heavy atom. The molecule has 0 radical (unpaired) electrons. The van der Waals surface area contributed by atoms with Gasteiger partial charge in [-0.25, -0.2) is 13.6 Å². The number of rotatable bonds is 7. The van der Waals surface area contributed by atoms with Crippen LogP contribution in [0.5, 0.6) is 0 Å². The summed E-state index contributed by atoms with van der Waals surface area (Å²) in [6.07, 6.45) is 6.06. The highest BCUT2D eigenvalue weighted by Gasteiger charge is 2.46. The molecule has 7 heteroatoms. The van der Waals surface area contributed by atoms with E-state index in [2.05, 4.69) is 34.3 Å². The second-order valence-corrected chi connectivity index (χ2v) is 11.1. The van der Waals surface area contributed by atoms with E-state index >= 15 is 0 Å². The molecule has 2 unspecified atom stereocenters. The number of nitrogens with one attached hydrogen (secondary N) is 2. The molecule has 0 spiro atoms. The number of aromatic carboxylic acids is 1. The highest BCUT2D eigenvalue weighted by Crippen LogP contribution is 2.45. The lowest BCUT2D eigenvalue weighted by Gasteiger charge is -2.44. The first-order valence-electron chi connectivity index (χ1n) is 13.1. The molecule has 1 aromatic heterocycles. The lowest BCUT2D eigenvalue weighted by molar-refractivity contribution is -0.0965. The van der Waals surface area contributed by atoms with E-state index in [0.29, 0.717) is 5.92 Å². The first-order chi connectivity index (χ1) is 17.3. The van der Waals surface area contributed by atoms with Gasteiger partial charge in [0.1, 0.15) is 0 Å². The van der Waals surface area contributed by atoms with E-state index in [-0.39, 0.29) is 36.5 Å². The maximum atomic E-state index is 13.4. The molecule has 36 heavy (non-hydrogen) atoms. The maximum absolute atomic E-state index is 13.4. The number of aryl methyl sites for hydroxylation is 1. The van der Waals surface area contributed by atoms with Crippen LogP contribution in [0.25, 0.3) is 10.9 Å². The fraction of sp³-hybridized carbons (Fsp3) is 0.483. The summed E-state index contributed by atoms with van der Waals surface area (Å²) in [5.74, 6) is -2.83. The SMILES string of the molecule is Cc1cc(C2CC2)c(CN2CCC(NC3CC(F)(F)C3)CC2c2ccc(C(=O)O)cc2)c2cc[nH]c12. The monoisotopic (exact) mass is 493 g/mol. The van der Waals surface area contributed by atoms with Gasteiger partial charge < -0.3 is 15.4 Å². The Bertz CT molecular complexity index is 1270. The predicted octanol–water partition coefficient (Wildman–Crippen LogP) is 6.14. The van der Waals surface area contributed by atoms with E-state index in [9.17, 15) is 18.7 Å². The van der Waals surface area contributed by atoms with Gasteiger partial charge in [-0.15, -0.1) is 0 Å². The lowest BCUT2D eigenvalue weighted by Crippen LogP contribution is -2.54. The molecular weight excluding hydrogens is 460 g/mol. The van der Waals surface area contributed by atoms with E-state index in [0.717, 1.165) is 31.5 Å². The number of aromatic nitrogens is 1. The largest absolute Gasteiger partial charge is 0.478 e. The van der Waals surface area contributed by atoms with Crippen LogP contribution in [0.2, 0.25) is 0 Å². The Labute approximate surface area is 209 Å². The summed E-state index contributed by atoms with van der Waals surface area (Å²) in [7, 11) is 0. The van der Waals surface area contributed by atoms with Crippen molar-refractivity contribution >= 4 is 16.9 Å². The van der Waals surface area contributed by atoms with Crippen LogP contribution in [0.4, 0.5) is 8.78 Å². The van der Waals surface area contributed by atoms with Crippen molar-refractivity contribution in [3.63, 3.8) is 0 Å². The van der Waals surface area contributed by atoms with Crippen molar-refractivity contribution in [2.24, 2.45) is 0 Å². The zero-order chi connectivity index (χ0) is 25.0. The molecule has 190 valence electrons. The number of likely N-dealkylation sites (tertiary alicyclic amines) is 1. The number of piperidine rings is 1. The molecule has 1 saturated heterocycles. The van der Waals surface area contributed by atoms with Crippen molar-refractivity contribution in [2.75, 3.05) is 6.54 Å². The Hall–Kier alpha value is -2.77. The van der Waals surface area contributed by atoms with Gasteiger partial charge in [0.15, 0.2) is 0 Å². The Balaban J connectivity index is 1.30. The standard InChI is InChI=1S/C29H33F2N3O2/c1-17-12-24(18-2-3-18)25(23-8-10-32-27(17)23)16-34-11-9-21(33-22-14-29(30,31)15-22)13-26(34)19-4-6-20(7-5-19)28(35)36/h4-8,10,12,18,21-22,26,32-33H,2-3,9,11,13-16H2,1H3,(H,35,36). The average molecular weight is 494 g/mol. The van der Waals surface area contributed by atoms with Crippen LogP contribution >= 0.6 is 0 Å². The van der Waals surface area contributed by atoms with Crippen molar-refractivity contribution in [2.45, 2.75) is 82.0 Å². The number of hydrogen-bond acceptors (Lipinski definition) is 3. The summed E-state index contributed by atoms with van der Waals surface area (Å²) < 4.78 is 26.9. The van der Waals surface area contributed by atoms with E-state index in [4.69, 9.17) is 0 Å². The minimum atomic E-state index is -2.53. The van der Waals surface area contributed by atoms with Crippen LogP contribution in [0, 0.1) is 6.92 Å². The molecule has 2 aliphatic carbocycles. The summed E-state index contributed by atoms with van der Waals surface area (Å²) in [4.78, 5) is 17.3. The number of hydrogen-bond donors (Lipinski definition) is 3. The van der Waals surface area contributed by atoms with Crippen LogP contribution in [0.3, 0.4) is 0 Å². The van der Waals surface area contributed by atoms with Gasteiger partial charge in [-0.3, -0.25) is 4.90 Å². The highest BCUT2D eigenvalue weighted by atomic mass is 19.3. The van der Waals surface area contributed by atoms with Crippen LogP contribution in [0.1, 0.15) is 83.1 Å². The molecule has 3 aromatic rings. The zero-order valence-electron chi connectivity index (χ0n) is 20.6. The highest BCUT2D eigenvalue weighted by molar-refractivity contribution is 5.88. The van der Waals surface area contributed by atoms with E-state index in [1.165, 1.54) is 40.4 Å². The average Bonchev–Trinajstić information content (AvgIpc) is 3.55. The first kappa shape index (κ1) is 23.6. The van der Waals surface area contributed by atoms with Gasteiger partial charge in [0.2, 0.25) is 0 Å². The third-order valence-electron chi connectivity index (χ3n) is 8.38. The van der Waals surface area contributed by atoms with Crippen molar-refractivity contribution in [1.29, 1.82) is 0 Å². The van der Waals surface area contributed by atoms with Crippen molar-refractivity contribution in [1.82, 2.24) is 15.2 Å². The third kappa shape index (κ3) is 4.55. The van der Waals surface area contributed by atoms with E-state index < -0.39 is 11.9 Å². The molecule has 5 nitrogen and oxygen atoms in total. The molecule has 3 fully saturated rings. The van der Waals surface area contributed by atoms with E-state index in [1.807, 2.05) is 18.3 Å². The number of carbonyl (C=O) groups is 1. The third-order valence-corrected chi connectivity index (χ3v) is 8.38. The summed E-state index contributed by atoms with van der Waals surface area (Å²) in [6.45, 7) is 3.85. The second kappa shape index (κ2) is 8.96. The second-order valence-electron chi connectivity index (χ2n) is 11.1. The first-order valence-corrected chi connectivity index (χ1v) is 13.1. The van der Waals surface area contributed by atoms with E-state index in [1.54, 1.807) is 12.1 Å². The molecule has 2 heterocycles. The molecule has 3 N–H and O–H groups in total. The zero-order valence-corrected chi connectivity index (χ0v) is 20.6. The topological polar surface area (TPSA) is 68.4 Å². The van der Waals surface area contributed by atoms with Gasteiger partial charge in [-0.2, -0.15) is 0 Å². The molecule has 2 saturated carbocycles. The molecular formula is C29H33F2N3O2. The number of halogens is 2. The van der Waals surface area contributed by atoms with Crippen LogP contribution in [-0.2, 0) is 6.54 Å². The van der Waals surface area contributed by atoms with Crippen molar-refractivity contribution in [3.8, 4) is 0 Å². The molecule has 1 aliphatic heterocycles. The maximum Gasteiger partial charge on any atom is 0.335 e. The normalized spacial score (nSPS) is 24.6. The molecule has 6 rings (SSSR count). The molecule has 0 amide bonds. The summed E-state index contributed by atoms with van der Waals surface area (Å²) in [5.41, 5.74) is 6.67. The van der Waals surface area contributed by atoms with Gasteiger partial charge in [0.05, 0.1) is 5.56 Å². The number of alkyl halides is 2. The van der Waals surface area contributed by atoms with Gasteiger partial charge in [-0.1, -0.05) is 18.2 Å². The Kier molecular flexibility index (Phi) is 5.88. The number of aromatic amines is 1. The van der Waals surface area contributed by atoms with Crippen LogP contribution in [-0.4, -0.2) is 45.5 Å². The number of nitrogens with zero attached hydrogens (tertiary/aromatic N) is 1. The summed E-state index contributed by atoms with van der Waals surface area (Å²) in [5, 5.41) is 14.1. The fourth-order valence-electron chi connectivity index (χ4n) is 6.30. The molecule has 2 aromatic carbocycles. The number of benzene rings is 2. The van der Waals surface area contributed by atoms with Crippen LogP contribution < -0.4 is 5.32 Å². The molecule has 3 aliphatic rings. The summed E-state index contributed by atoms with van der Waals surface area (Å²) >= 11 is 0. The lowest BCUT2D eigenvalue weighted by atomic mass is 9.85. The number of fused-ring (bicyclic) bond motifs is 1. The minimum absolute atomic E-state index is 0.0786. The number of H-pyrrole nitrogens is 1. The van der Waals surface area contributed by atoms with Gasteiger partial charge >= 0.3 is 5.97 Å². The number of carboxylic acid groups (broad SMARTS) is 1. The van der Waals surface area contributed by atoms with Crippen LogP contribution in [0.15, 0.2) is 42.6 Å². The smallest absolute Gasteiger partial charge is 0.335 e. The number of carboxylic acids is 1. The van der Waals surface area contributed by atoms with Gasteiger partial charge in [0.25, 0.3) is 5.92 Å². The van der Waals surface area contributed by atoms with Crippen molar-refractivity contribution < 1.29 is 18.7 Å². The van der Waals surface area contributed by atoms with Gasteiger partial charge in [-0.05, 0) is 79.0 Å². The molecule has 2 atom stereocenters. The summed E-state index contributed by atoms with van der Waals surface area (Å²) in [6, 6.07) is 11.9. The van der Waals surface area contributed by atoms with Crippen molar-refractivity contribution in [3.05, 3.63) is 70.4 Å². The fourth-order valence-corrected chi connectivity index (χ4v) is 6.30. The Morgan fingerprint density at radius 2 is 1.89 bits per heavy atom. The minimum Gasteiger partial charge on any atom is -0.478 e.